The summed E-state index contributed by atoms with van der Waals surface area (Å²) in [7, 11) is -10.3. The third-order valence-electron chi connectivity index (χ3n) is 4.50. The van der Waals surface area contributed by atoms with Crippen LogP contribution in [0.25, 0.3) is 0 Å². The fourth-order valence-corrected chi connectivity index (χ4v) is 3.99. The van der Waals surface area contributed by atoms with Gasteiger partial charge in [0.25, 0.3) is 0 Å². The Morgan fingerprint density at radius 1 is 1.23 bits per heavy atom. The van der Waals surface area contributed by atoms with Crippen LogP contribution in [0, 0.1) is 5.92 Å². The Bertz CT molecular complexity index is 816. The van der Waals surface area contributed by atoms with Crippen molar-refractivity contribution in [2.45, 2.75) is 56.2 Å². The number of rotatable bonds is 8. The Balaban J connectivity index is 2.26. The Morgan fingerprint density at radius 2 is 1.87 bits per heavy atom. The van der Waals surface area contributed by atoms with E-state index in [1.165, 1.54) is 11.6 Å². The minimum absolute atomic E-state index is 0.164. The van der Waals surface area contributed by atoms with E-state index in [1.54, 1.807) is 0 Å². The zero-order chi connectivity index (χ0) is 22.9. The highest BCUT2D eigenvalue weighted by molar-refractivity contribution is 7.83. The second-order valence-corrected chi connectivity index (χ2v) is 9.06. The van der Waals surface area contributed by atoms with Gasteiger partial charge in [0.05, 0.1) is 43.5 Å². The van der Waals surface area contributed by atoms with Crippen LogP contribution in [-0.2, 0) is 43.9 Å². The van der Waals surface area contributed by atoms with Gasteiger partial charge in [0.1, 0.15) is 12.2 Å². The summed E-state index contributed by atoms with van der Waals surface area (Å²) in [5.41, 5.74) is 0. The van der Waals surface area contributed by atoms with Gasteiger partial charge in [-0.3, -0.25) is 4.18 Å². The van der Waals surface area contributed by atoms with Gasteiger partial charge in [0, 0.05) is 12.3 Å². The molecule has 2 saturated heterocycles. The third kappa shape index (κ3) is 7.02. The Morgan fingerprint density at radius 3 is 2.40 bits per heavy atom. The van der Waals surface area contributed by atoms with Gasteiger partial charge in [-0.1, -0.05) is 6.92 Å². The number of carboxylic acids is 1. The predicted octanol–water partition coefficient (Wildman–Crippen LogP) is -5.11. The van der Waals surface area contributed by atoms with Crippen molar-refractivity contribution in [3.05, 3.63) is 0 Å². The first kappa shape index (κ1) is 25.3. The average molecular weight is 478 g/mol. The largest absolute Gasteiger partial charge is 0.735 e. The molecule has 2 fully saturated rings. The van der Waals surface area contributed by atoms with Gasteiger partial charge in [-0.2, -0.15) is 0 Å². The quantitative estimate of drug-likeness (QED) is 0.218. The van der Waals surface area contributed by atoms with Gasteiger partial charge in [0.2, 0.25) is 10.4 Å². The van der Waals surface area contributed by atoms with E-state index in [0.29, 0.717) is 0 Å². The average Bonchev–Trinajstić information content (AvgIpc) is 2.58. The molecule has 0 bridgehead atoms. The fraction of sp³-hybridized carbons (Fsp3) is 0.923. The van der Waals surface area contributed by atoms with Crippen molar-refractivity contribution in [3.8, 4) is 0 Å². The van der Waals surface area contributed by atoms with E-state index >= 15 is 0 Å². The van der Waals surface area contributed by atoms with Crippen LogP contribution in [0.3, 0.4) is 0 Å². The van der Waals surface area contributed by atoms with Crippen LogP contribution in [0.2, 0.25) is 0 Å². The molecule has 176 valence electrons. The van der Waals surface area contributed by atoms with Gasteiger partial charge in [-0.15, -0.1) is 0 Å². The third-order valence-corrected chi connectivity index (χ3v) is 5.48. The van der Waals surface area contributed by atoms with Crippen LogP contribution in [0.1, 0.15) is 13.3 Å². The first-order valence-electron chi connectivity index (χ1n) is 8.51. The lowest BCUT2D eigenvalue weighted by atomic mass is 9.93. The first-order chi connectivity index (χ1) is 13.7. The maximum absolute atomic E-state index is 11.3. The van der Waals surface area contributed by atoms with E-state index in [0.717, 1.165) is 0 Å². The molecular weight excluding hydrogens is 458 g/mol. The number of ether oxygens (including phenoxy) is 3. The molecule has 2 aliphatic rings. The molecule has 2 aliphatic heterocycles. The standard InChI is InChI=1S/C13H23NO14S2/c1-5-3-25-11(12(17)18)10(9(5)16)28-13-8(14-29(19,20)21)7(15)2-6(27-13)4-26-30(22,23)24/h5-11,13-16H,2-4H2,1H3,(H,17,18)(H,19,20,21)(H,22,23,24)/p-3/t5?,6?,7-,8?,9+,10+,11?,13-/m0/s1. The highest BCUT2D eigenvalue weighted by atomic mass is 32.3. The van der Waals surface area contributed by atoms with E-state index < -0.39 is 88.5 Å². The van der Waals surface area contributed by atoms with Gasteiger partial charge in [0.15, 0.2) is 16.6 Å². The smallest absolute Gasteiger partial charge is 0.217 e. The Kier molecular flexibility index (Phi) is 8.13. The zero-order valence-electron chi connectivity index (χ0n) is 15.4. The minimum Gasteiger partial charge on any atom is -0.735 e. The number of aliphatic hydroxyl groups is 2. The monoisotopic (exact) mass is 478 g/mol. The number of hydrogen-bond donors (Lipinski definition) is 3. The van der Waals surface area contributed by atoms with Crippen LogP contribution < -0.4 is 9.83 Å². The number of carboxylic acid groups (broad SMARTS) is 1. The molecule has 0 saturated carbocycles. The molecule has 15 nitrogen and oxygen atoms in total. The summed E-state index contributed by atoms with van der Waals surface area (Å²) in [5, 5.41) is 31.8. The van der Waals surface area contributed by atoms with E-state index in [9.17, 15) is 46.1 Å². The summed E-state index contributed by atoms with van der Waals surface area (Å²) in [6, 6.07) is -1.76. The number of carbonyl (C=O) groups excluding carboxylic acids is 1. The number of aliphatic carboxylic acids is 1. The highest BCUT2D eigenvalue weighted by Gasteiger charge is 2.46. The number of nitrogens with one attached hydrogen (secondary N) is 1. The van der Waals surface area contributed by atoms with Crippen molar-refractivity contribution < 1.29 is 64.4 Å². The lowest BCUT2D eigenvalue weighted by Gasteiger charge is -2.45. The molecular formula is C13H20NO14S2-3. The topological polar surface area (TPSA) is 244 Å². The summed E-state index contributed by atoms with van der Waals surface area (Å²) in [4.78, 5) is 11.3. The van der Waals surface area contributed by atoms with Gasteiger partial charge in [-0.25, -0.2) is 21.6 Å². The van der Waals surface area contributed by atoms with Crippen molar-refractivity contribution in [2.24, 2.45) is 5.92 Å². The molecule has 0 aliphatic carbocycles. The van der Waals surface area contributed by atoms with Crippen LogP contribution in [0.5, 0.6) is 0 Å². The lowest BCUT2D eigenvalue weighted by Crippen LogP contribution is -2.63. The molecule has 3 N–H and O–H groups in total. The SMILES string of the molecule is CC1COC(C(=O)[O-])[C@H](O[C@@H]2OC(COS(=O)(=O)[O-])C[C@H](O)C2NS(=O)(=O)[O-])[C@@H]1O. The van der Waals surface area contributed by atoms with E-state index in [-0.39, 0.29) is 6.61 Å². The van der Waals surface area contributed by atoms with Crippen LogP contribution in [0.15, 0.2) is 0 Å². The van der Waals surface area contributed by atoms with Crippen molar-refractivity contribution in [1.82, 2.24) is 4.72 Å². The lowest BCUT2D eigenvalue weighted by molar-refractivity contribution is -0.338. The molecule has 0 aromatic carbocycles. The van der Waals surface area contributed by atoms with Crippen molar-refractivity contribution >= 4 is 26.7 Å². The molecule has 0 spiro atoms. The molecule has 2 heterocycles. The van der Waals surface area contributed by atoms with Crippen molar-refractivity contribution in [1.29, 1.82) is 0 Å². The van der Waals surface area contributed by atoms with Crippen LogP contribution in [0.4, 0.5) is 0 Å². The summed E-state index contributed by atoms with van der Waals surface area (Å²) < 4.78 is 86.4. The maximum atomic E-state index is 11.3. The first-order valence-corrected chi connectivity index (χ1v) is 11.2. The second-order valence-electron chi connectivity index (χ2n) is 6.86. The Hall–Kier alpha value is -0.990. The van der Waals surface area contributed by atoms with Crippen LogP contribution >= 0.6 is 0 Å². The number of hydrogen-bond acceptors (Lipinski definition) is 14. The van der Waals surface area contributed by atoms with E-state index in [1.807, 2.05) is 0 Å². The zero-order valence-corrected chi connectivity index (χ0v) is 17.0. The second kappa shape index (κ2) is 9.65. The summed E-state index contributed by atoms with van der Waals surface area (Å²) in [6.07, 6.45) is -10.3. The Labute approximate surface area is 171 Å². The van der Waals surface area contributed by atoms with Crippen molar-refractivity contribution in [3.63, 3.8) is 0 Å². The number of aliphatic hydroxyl groups excluding tert-OH is 2. The molecule has 0 radical (unpaired) electrons. The molecule has 4 unspecified atom stereocenters. The highest BCUT2D eigenvalue weighted by Crippen LogP contribution is 2.29. The molecule has 0 aromatic rings. The summed E-state index contributed by atoms with van der Waals surface area (Å²) >= 11 is 0. The maximum Gasteiger partial charge on any atom is 0.217 e. The molecule has 0 aromatic heterocycles. The van der Waals surface area contributed by atoms with Gasteiger partial charge < -0.3 is 43.4 Å². The van der Waals surface area contributed by atoms with Crippen LogP contribution in [-0.4, -0.2) is 98.2 Å². The molecule has 8 atom stereocenters. The van der Waals surface area contributed by atoms with E-state index in [2.05, 4.69) is 4.18 Å². The summed E-state index contributed by atoms with van der Waals surface area (Å²) in [6.45, 7) is 0.447. The normalized spacial score (nSPS) is 38.3. The molecule has 0 amide bonds. The van der Waals surface area contributed by atoms with Gasteiger partial charge in [-0.05, 0) is 0 Å². The number of carbonyl (C=O) groups is 1. The molecule has 17 heteroatoms. The van der Waals surface area contributed by atoms with Gasteiger partial charge >= 0.3 is 0 Å². The molecule has 2 rings (SSSR count). The predicted molar refractivity (Wildman–Crippen MR) is 86.3 cm³/mol. The summed E-state index contributed by atoms with van der Waals surface area (Å²) in [5.74, 6) is -2.39. The van der Waals surface area contributed by atoms with E-state index in [4.69, 9.17) is 14.2 Å². The van der Waals surface area contributed by atoms with Crippen molar-refractivity contribution in [2.75, 3.05) is 13.2 Å². The molecule has 30 heavy (non-hydrogen) atoms. The minimum atomic E-state index is -5.16. The fourth-order valence-electron chi connectivity index (χ4n) is 3.07.